The molecule has 4 bridgehead atoms. The number of hydrogen-bond acceptors (Lipinski definition) is 4. The van der Waals surface area contributed by atoms with Crippen molar-refractivity contribution in [1.82, 2.24) is 0 Å². The van der Waals surface area contributed by atoms with E-state index >= 15 is 0 Å². The third-order valence-corrected chi connectivity index (χ3v) is 7.21. The fourth-order valence-electron chi connectivity index (χ4n) is 5.43. The maximum absolute atomic E-state index is 13.4. The second kappa shape index (κ2) is 6.96. The first kappa shape index (κ1) is 19.9. The molecule has 150 valence electrons. The second-order valence-corrected chi connectivity index (χ2v) is 9.83. The number of unbranched alkanes of at least 4 members (excludes halogenated alkanes) is 1. The summed E-state index contributed by atoms with van der Waals surface area (Å²) in [6.07, 6.45) is 2.57. The summed E-state index contributed by atoms with van der Waals surface area (Å²) in [6.45, 7) is 0.00471. The van der Waals surface area contributed by atoms with Crippen LogP contribution in [0.5, 0.6) is 0 Å². The Morgan fingerprint density at radius 1 is 1.12 bits per heavy atom. The van der Waals surface area contributed by atoms with Gasteiger partial charge in [0.1, 0.15) is 0 Å². The first-order valence-corrected chi connectivity index (χ1v) is 10.6. The molecular formula is C17H25F3O5S. The van der Waals surface area contributed by atoms with Crippen LogP contribution in [0, 0.1) is 23.2 Å². The Balaban J connectivity index is 1.41. The summed E-state index contributed by atoms with van der Waals surface area (Å²) in [7, 11) is -5.78. The highest BCUT2D eigenvalue weighted by Gasteiger charge is 2.55. The average molecular weight is 398 g/mol. The standard InChI is InChI=1S/C17H25F3O5S/c18-14(17(19,20)26(22,23)24)3-1-2-4-25-15(21)16-8-11-5-12(9-16)7-13(6-11)10-16/h11-14H,1-10H2,(H,22,23,24). The summed E-state index contributed by atoms with van der Waals surface area (Å²) in [5.41, 5.74) is -0.393. The molecule has 4 rings (SSSR count). The zero-order chi connectivity index (χ0) is 19.2. The minimum absolute atomic E-state index is 0.00471. The van der Waals surface area contributed by atoms with E-state index in [9.17, 15) is 26.4 Å². The van der Waals surface area contributed by atoms with Gasteiger partial charge in [0.15, 0.2) is 6.17 Å². The van der Waals surface area contributed by atoms with E-state index in [0.29, 0.717) is 17.8 Å². The number of ether oxygens (including phenoxy) is 1. The number of hydrogen-bond donors (Lipinski definition) is 1. The van der Waals surface area contributed by atoms with E-state index in [0.717, 1.165) is 19.3 Å². The van der Waals surface area contributed by atoms with Crippen LogP contribution in [-0.4, -0.2) is 37.0 Å². The molecule has 0 spiro atoms. The van der Waals surface area contributed by atoms with Crippen LogP contribution >= 0.6 is 0 Å². The molecule has 9 heteroatoms. The van der Waals surface area contributed by atoms with E-state index in [1.165, 1.54) is 19.3 Å². The minimum Gasteiger partial charge on any atom is -0.465 e. The number of halogens is 3. The van der Waals surface area contributed by atoms with Gasteiger partial charge in [-0.2, -0.15) is 17.2 Å². The van der Waals surface area contributed by atoms with Gasteiger partial charge in [0, 0.05) is 0 Å². The van der Waals surface area contributed by atoms with Gasteiger partial charge in [-0.3, -0.25) is 9.35 Å². The predicted octanol–water partition coefficient (Wildman–Crippen LogP) is 3.74. The van der Waals surface area contributed by atoms with Crippen LogP contribution in [0.2, 0.25) is 0 Å². The van der Waals surface area contributed by atoms with Crippen molar-refractivity contribution in [3.8, 4) is 0 Å². The summed E-state index contributed by atoms with van der Waals surface area (Å²) in [5, 5.41) is -4.82. The molecule has 0 radical (unpaired) electrons. The zero-order valence-electron chi connectivity index (χ0n) is 14.5. The van der Waals surface area contributed by atoms with Crippen LogP contribution in [-0.2, 0) is 19.6 Å². The molecule has 0 amide bonds. The Bertz CT molecular complexity index is 613. The summed E-state index contributed by atoms with van der Waals surface area (Å²) >= 11 is 0. The summed E-state index contributed by atoms with van der Waals surface area (Å²) in [5.74, 6) is 1.58. The Morgan fingerprint density at radius 3 is 2.08 bits per heavy atom. The van der Waals surface area contributed by atoms with Crippen LogP contribution in [0.4, 0.5) is 13.2 Å². The molecule has 0 aliphatic heterocycles. The fourth-order valence-corrected chi connectivity index (χ4v) is 5.87. The monoisotopic (exact) mass is 398 g/mol. The Labute approximate surface area is 151 Å². The molecule has 0 aromatic heterocycles. The lowest BCUT2D eigenvalue weighted by Crippen LogP contribution is -2.50. The van der Waals surface area contributed by atoms with Crippen LogP contribution in [0.25, 0.3) is 0 Å². The van der Waals surface area contributed by atoms with Crippen molar-refractivity contribution in [2.75, 3.05) is 6.61 Å². The predicted molar refractivity (Wildman–Crippen MR) is 86.8 cm³/mol. The van der Waals surface area contributed by atoms with E-state index in [1.54, 1.807) is 0 Å². The number of alkyl halides is 3. The van der Waals surface area contributed by atoms with Gasteiger partial charge in [0.25, 0.3) is 0 Å². The Morgan fingerprint density at radius 2 is 1.62 bits per heavy atom. The maximum atomic E-state index is 13.4. The van der Waals surface area contributed by atoms with Gasteiger partial charge in [0.2, 0.25) is 0 Å². The lowest BCUT2D eigenvalue weighted by atomic mass is 9.49. The van der Waals surface area contributed by atoms with E-state index in [4.69, 9.17) is 9.29 Å². The number of rotatable bonds is 8. The van der Waals surface area contributed by atoms with Gasteiger partial charge in [-0.05, 0) is 75.5 Å². The van der Waals surface area contributed by atoms with Gasteiger partial charge >= 0.3 is 21.3 Å². The van der Waals surface area contributed by atoms with Crippen molar-refractivity contribution in [3.05, 3.63) is 0 Å². The van der Waals surface area contributed by atoms with E-state index < -0.39 is 33.4 Å². The van der Waals surface area contributed by atoms with Crippen LogP contribution in [0.3, 0.4) is 0 Å². The van der Waals surface area contributed by atoms with Gasteiger partial charge in [-0.15, -0.1) is 0 Å². The van der Waals surface area contributed by atoms with E-state index in [2.05, 4.69) is 0 Å². The van der Waals surface area contributed by atoms with Gasteiger partial charge < -0.3 is 4.74 Å². The van der Waals surface area contributed by atoms with Gasteiger partial charge in [-0.1, -0.05) is 0 Å². The number of carbonyl (C=O) groups excluding carboxylic acids is 1. The van der Waals surface area contributed by atoms with Crippen molar-refractivity contribution >= 4 is 16.1 Å². The van der Waals surface area contributed by atoms with Crippen molar-refractivity contribution in [2.24, 2.45) is 23.2 Å². The number of esters is 1. The lowest BCUT2D eigenvalue weighted by molar-refractivity contribution is -0.171. The minimum atomic E-state index is -5.78. The van der Waals surface area contributed by atoms with Gasteiger partial charge in [-0.25, -0.2) is 4.39 Å². The molecular weight excluding hydrogens is 373 g/mol. The van der Waals surface area contributed by atoms with Gasteiger partial charge in [0.05, 0.1) is 12.0 Å². The zero-order valence-corrected chi connectivity index (χ0v) is 15.3. The van der Waals surface area contributed by atoms with Crippen LogP contribution in [0.1, 0.15) is 57.8 Å². The molecule has 0 saturated heterocycles. The molecule has 1 atom stereocenters. The highest BCUT2D eigenvalue weighted by atomic mass is 32.2. The first-order chi connectivity index (χ1) is 12.0. The topological polar surface area (TPSA) is 80.7 Å². The molecule has 1 N–H and O–H groups in total. The molecule has 5 nitrogen and oxygen atoms in total. The third-order valence-electron chi connectivity index (χ3n) is 6.26. The fraction of sp³-hybridized carbons (Fsp3) is 0.941. The Kier molecular flexibility index (Phi) is 5.33. The normalized spacial score (nSPS) is 34.7. The summed E-state index contributed by atoms with van der Waals surface area (Å²) < 4.78 is 74.2. The summed E-state index contributed by atoms with van der Waals surface area (Å²) in [4.78, 5) is 12.6. The molecule has 26 heavy (non-hydrogen) atoms. The third kappa shape index (κ3) is 3.74. The van der Waals surface area contributed by atoms with Crippen molar-refractivity contribution in [2.45, 2.75) is 69.2 Å². The Hall–Kier alpha value is -0.830. The molecule has 0 aromatic rings. The SMILES string of the molecule is O=C(OCCCCC(F)C(F)(F)S(=O)(=O)O)C12CC3CC(CC(C3)C1)C2. The quantitative estimate of drug-likeness (QED) is 0.383. The van der Waals surface area contributed by atoms with Crippen LogP contribution in [0.15, 0.2) is 0 Å². The molecule has 4 fully saturated rings. The number of carbonyl (C=O) groups is 1. The highest BCUT2D eigenvalue weighted by molar-refractivity contribution is 7.86. The van der Waals surface area contributed by atoms with E-state index in [1.807, 2.05) is 0 Å². The van der Waals surface area contributed by atoms with Crippen molar-refractivity contribution < 1.29 is 35.7 Å². The van der Waals surface area contributed by atoms with Crippen LogP contribution < -0.4 is 0 Å². The van der Waals surface area contributed by atoms with E-state index in [-0.39, 0.29) is 25.4 Å². The summed E-state index contributed by atoms with van der Waals surface area (Å²) in [6, 6.07) is 0. The molecule has 4 saturated carbocycles. The average Bonchev–Trinajstić information content (AvgIpc) is 2.51. The molecule has 0 heterocycles. The van der Waals surface area contributed by atoms with Crippen molar-refractivity contribution in [1.29, 1.82) is 0 Å². The second-order valence-electron chi connectivity index (χ2n) is 8.33. The maximum Gasteiger partial charge on any atom is 0.400 e. The molecule has 4 aliphatic carbocycles. The lowest BCUT2D eigenvalue weighted by Gasteiger charge is -2.55. The highest BCUT2D eigenvalue weighted by Crippen LogP contribution is 2.60. The smallest absolute Gasteiger partial charge is 0.400 e. The largest absolute Gasteiger partial charge is 0.465 e. The van der Waals surface area contributed by atoms with Crippen molar-refractivity contribution in [3.63, 3.8) is 0 Å². The molecule has 1 unspecified atom stereocenters. The molecule has 4 aliphatic rings. The molecule has 0 aromatic carbocycles. The first-order valence-electron chi connectivity index (χ1n) is 9.19.